The van der Waals surface area contributed by atoms with Gasteiger partial charge in [0.1, 0.15) is 0 Å². The van der Waals surface area contributed by atoms with E-state index in [0.29, 0.717) is 16.7 Å². The van der Waals surface area contributed by atoms with Crippen LogP contribution < -0.4 is 0 Å². The molecule has 1 aliphatic rings. The molecule has 25 heavy (non-hydrogen) atoms. The first-order valence-corrected chi connectivity index (χ1v) is 10.5. The van der Waals surface area contributed by atoms with Gasteiger partial charge in [-0.15, -0.1) is 0 Å². The van der Waals surface area contributed by atoms with Crippen molar-refractivity contribution in [3.8, 4) is 0 Å². The summed E-state index contributed by atoms with van der Waals surface area (Å²) in [5.41, 5.74) is 1.95. The summed E-state index contributed by atoms with van der Waals surface area (Å²) in [4.78, 5) is 23.8. The zero-order chi connectivity index (χ0) is 19.7. The molecule has 0 aromatic rings. The Morgan fingerprint density at radius 3 is 1.60 bits per heavy atom. The first kappa shape index (κ1) is 26.1. The maximum absolute atomic E-state index is 12.1. The molecule has 0 heterocycles. The first-order chi connectivity index (χ1) is 12.1. The molecule has 146 valence electrons. The SMILES string of the molecule is CC.CC.CCCCCCCCCCCC1=CC(=O)C(C)=C(C)C1=O. The highest BCUT2D eigenvalue weighted by atomic mass is 16.1. The van der Waals surface area contributed by atoms with E-state index in [4.69, 9.17) is 0 Å². The topological polar surface area (TPSA) is 34.1 Å². The number of allylic oxidation sites excluding steroid dienone is 4. The van der Waals surface area contributed by atoms with Crippen molar-refractivity contribution in [3.63, 3.8) is 0 Å². The van der Waals surface area contributed by atoms with Crippen LogP contribution in [0, 0.1) is 0 Å². The zero-order valence-electron chi connectivity index (χ0n) is 18.0. The molecular weight excluding hydrogens is 308 g/mol. The van der Waals surface area contributed by atoms with Crippen LogP contribution in [-0.2, 0) is 9.59 Å². The molecule has 2 nitrogen and oxygen atoms in total. The predicted molar refractivity (Wildman–Crippen MR) is 111 cm³/mol. The van der Waals surface area contributed by atoms with Crippen LogP contribution in [0.4, 0.5) is 0 Å². The highest BCUT2D eigenvalue weighted by Crippen LogP contribution is 2.22. The van der Waals surface area contributed by atoms with Crippen molar-refractivity contribution in [1.82, 2.24) is 0 Å². The fraction of sp³-hybridized carbons (Fsp3) is 0.739. The molecular formula is C23H42O2. The summed E-state index contributed by atoms with van der Waals surface area (Å²) in [7, 11) is 0. The van der Waals surface area contributed by atoms with E-state index in [9.17, 15) is 9.59 Å². The quantitative estimate of drug-likeness (QED) is 0.304. The van der Waals surface area contributed by atoms with Crippen molar-refractivity contribution in [2.45, 2.75) is 113 Å². The number of Topliss-reactive ketones (excluding diaryl/α,β-unsaturated/α-hetero) is 1. The Kier molecular flexibility index (Phi) is 18.4. The van der Waals surface area contributed by atoms with Gasteiger partial charge in [-0.1, -0.05) is 86.0 Å². The van der Waals surface area contributed by atoms with Crippen LogP contribution in [0.3, 0.4) is 0 Å². The van der Waals surface area contributed by atoms with E-state index in [0.717, 1.165) is 19.3 Å². The van der Waals surface area contributed by atoms with Crippen LogP contribution in [-0.4, -0.2) is 11.6 Å². The molecule has 0 aromatic carbocycles. The van der Waals surface area contributed by atoms with Gasteiger partial charge in [0, 0.05) is 16.7 Å². The van der Waals surface area contributed by atoms with Gasteiger partial charge in [0.15, 0.2) is 11.6 Å². The molecule has 0 atom stereocenters. The van der Waals surface area contributed by atoms with Crippen molar-refractivity contribution >= 4 is 11.6 Å². The average Bonchev–Trinajstić information content (AvgIpc) is 2.66. The Labute approximate surface area is 157 Å². The summed E-state index contributed by atoms with van der Waals surface area (Å²) in [6.45, 7) is 13.7. The number of unbranched alkanes of at least 4 members (excludes halogenated alkanes) is 8. The van der Waals surface area contributed by atoms with E-state index < -0.39 is 0 Å². The third-order valence-electron chi connectivity index (χ3n) is 4.42. The van der Waals surface area contributed by atoms with Crippen molar-refractivity contribution in [1.29, 1.82) is 0 Å². The van der Waals surface area contributed by atoms with Crippen LogP contribution in [0.1, 0.15) is 113 Å². The van der Waals surface area contributed by atoms with Gasteiger partial charge in [0.25, 0.3) is 0 Å². The lowest BCUT2D eigenvalue weighted by Crippen LogP contribution is -2.16. The van der Waals surface area contributed by atoms with Crippen molar-refractivity contribution < 1.29 is 9.59 Å². The average molecular weight is 351 g/mol. The molecule has 0 saturated carbocycles. The van der Waals surface area contributed by atoms with E-state index in [1.807, 2.05) is 27.7 Å². The van der Waals surface area contributed by atoms with Gasteiger partial charge < -0.3 is 0 Å². The molecule has 0 amide bonds. The Bertz CT molecular complexity index is 427. The zero-order valence-corrected chi connectivity index (χ0v) is 18.0. The third kappa shape index (κ3) is 11.1. The Hall–Kier alpha value is -1.18. The number of hydrogen-bond donors (Lipinski definition) is 0. The molecule has 0 aromatic heterocycles. The minimum Gasteiger partial charge on any atom is -0.290 e. The minimum atomic E-state index is 0.0121. The van der Waals surface area contributed by atoms with Gasteiger partial charge >= 0.3 is 0 Å². The number of hydrogen-bond acceptors (Lipinski definition) is 2. The molecule has 0 bridgehead atoms. The second kappa shape index (κ2) is 17.6. The van der Waals surface area contributed by atoms with Gasteiger partial charge in [-0.2, -0.15) is 0 Å². The molecule has 0 spiro atoms. The number of carbonyl (C=O) groups is 2. The monoisotopic (exact) mass is 350 g/mol. The Balaban J connectivity index is 0. The fourth-order valence-corrected chi connectivity index (χ4v) is 2.74. The molecule has 0 saturated heterocycles. The Morgan fingerprint density at radius 1 is 0.680 bits per heavy atom. The highest BCUT2D eigenvalue weighted by Gasteiger charge is 2.22. The van der Waals surface area contributed by atoms with Crippen LogP contribution in [0.15, 0.2) is 22.8 Å². The second-order valence-electron chi connectivity index (χ2n) is 6.19. The van der Waals surface area contributed by atoms with Crippen LogP contribution >= 0.6 is 0 Å². The third-order valence-corrected chi connectivity index (χ3v) is 4.42. The summed E-state index contributed by atoms with van der Waals surface area (Å²) in [6, 6.07) is 0. The lowest BCUT2D eigenvalue weighted by atomic mass is 9.88. The van der Waals surface area contributed by atoms with E-state index in [2.05, 4.69) is 6.92 Å². The van der Waals surface area contributed by atoms with Gasteiger partial charge in [-0.25, -0.2) is 0 Å². The molecule has 2 heteroatoms. The van der Waals surface area contributed by atoms with Gasteiger partial charge in [-0.05, 0) is 32.8 Å². The summed E-state index contributed by atoms with van der Waals surface area (Å²) in [5.74, 6) is 0.0877. The van der Waals surface area contributed by atoms with Crippen LogP contribution in [0.25, 0.3) is 0 Å². The van der Waals surface area contributed by atoms with Crippen LogP contribution in [0.2, 0.25) is 0 Å². The molecule has 1 aliphatic carbocycles. The van der Waals surface area contributed by atoms with E-state index in [-0.39, 0.29) is 11.6 Å². The van der Waals surface area contributed by atoms with E-state index >= 15 is 0 Å². The highest BCUT2D eigenvalue weighted by molar-refractivity contribution is 6.22. The Morgan fingerprint density at radius 2 is 1.12 bits per heavy atom. The second-order valence-corrected chi connectivity index (χ2v) is 6.19. The van der Waals surface area contributed by atoms with Crippen LogP contribution in [0.5, 0.6) is 0 Å². The van der Waals surface area contributed by atoms with Crippen molar-refractivity contribution in [3.05, 3.63) is 22.8 Å². The number of ketones is 2. The molecule has 0 aliphatic heterocycles. The molecule has 0 unspecified atom stereocenters. The normalized spacial score (nSPS) is 13.6. The first-order valence-electron chi connectivity index (χ1n) is 10.5. The van der Waals surface area contributed by atoms with Gasteiger partial charge in [-0.3, -0.25) is 9.59 Å². The van der Waals surface area contributed by atoms with Gasteiger partial charge in [0.2, 0.25) is 0 Å². The molecule has 1 rings (SSSR count). The number of rotatable bonds is 10. The summed E-state index contributed by atoms with van der Waals surface area (Å²) < 4.78 is 0. The lowest BCUT2D eigenvalue weighted by molar-refractivity contribution is -0.116. The summed E-state index contributed by atoms with van der Waals surface area (Å²) in [5, 5.41) is 0. The summed E-state index contributed by atoms with van der Waals surface area (Å²) >= 11 is 0. The minimum absolute atomic E-state index is 0.0121. The molecule has 0 radical (unpaired) electrons. The standard InChI is InChI=1S/C19H30O2.2C2H6/c1-4-5-6-7-8-9-10-11-12-13-17-14-18(20)15(2)16(3)19(17)21;2*1-2/h14H,4-13H2,1-3H3;2*1-2H3. The molecule has 0 N–H and O–H groups in total. The van der Waals surface area contributed by atoms with Crippen molar-refractivity contribution in [2.24, 2.45) is 0 Å². The maximum atomic E-state index is 12.1. The smallest absolute Gasteiger partial charge is 0.185 e. The fourth-order valence-electron chi connectivity index (χ4n) is 2.74. The van der Waals surface area contributed by atoms with Crippen molar-refractivity contribution in [2.75, 3.05) is 0 Å². The van der Waals surface area contributed by atoms with E-state index in [1.165, 1.54) is 44.9 Å². The summed E-state index contributed by atoms with van der Waals surface area (Å²) in [6.07, 6.45) is 13.7. The van der Waals surface area contributed by atoms with E-state index in [1.54, 1.807) is 19.9 Å². The predicted octanol–water partition coefficient (Wildman–Crippen LogP) is 7.37. The number of carbonyl (C=O) groups excluding carboxylic acids is 2. The molecule has 0 fully saturated rings. The van der Waals surface area contributed by atoms with Gasteiger partial charge in [0.05, 0.1) is 0 Å². The largest absolute Gasteiger partial charge is 0.290 e. The lowest BCUT2D eigenvalue weighted by Gasteiger charge is -2.14. The maximum Gasteiger partial charge on any atom is 0.185 e.